The van der Waals surface area contributed by atoms with Crippen LogP contribution in [-0.4, -0.2) is 11.1 Å². The first-order valence-electron chi connectivity index (χ1n) is 4.36. The van der Waals surface area contributed by atoms with E-state index in [1.165, 1.54) is 0 Å². The molecule has 0 unspecified atom stereocenters. The van der Waals surface area contributed by atoms with Crippen molar-refractivity contribution in [1.29, 1.82) is 0 Å². The maximum Gasteiger partial charge on any atom is 0.303 e. The summed E-state index contributed by atoms with van der Waals surface area (Å²) in [5, 5.41) is 8.25. The van der Waals surface area contributed by atoms with Gasteiger partial charge in [-0.3, -0.25) is 4.79 Å². The molecule has 0 saturated carbocycles. The van der Waals surface area contributed by atoms with Crippen LogP contribution in [0.25, 0.3) is 0 Å². The van der Waals surface area contributed by atoms with Crippen molar-refractivity contribution in [2.45, 2.75) is 19.3 Å². The molecule has 1 rings (SSSR count). The maximum absolute atomic E-state index is 12.9. The molecule has 0 heterocycles. The molecule has 0 aliphatic heterocycles. The van der Waals surface area contributed by atoms with E-state index in [9.17, 15) is 13.6 Å². The molecule has 0 amide bonds. The third-order valence-electron chi connectivity index (χ3n) is 1.91. The lowest BCUT2D eigenvalue weighted by molar-refractivity contribution is -0.137. The van der Waals surface area contributed by atoms with Gasteiger partial charge in [-0.05, 0) is 24.5 Å². The van der Waals surface area contributed by atoms with Crippen LogP contribution in [0.2, 0.25) is 5.02 Å². The molecule has 0 fully saturated rings. The van der Waals surface area contributed by atoms with E-state index < -0.39 is 17.6 Å². The fraction of sp³-hybridized carbons (Fsp3) is 0.300. The summed E-state index contributed by atoms with van der Waals surface area (Å²) in [5.74, 6) is -2.47. The van der Waals surface area contributed by atoms with Gasteiger partial charge in [0.05, 0.1) is 5.02 Å². The minimum Gasteiger partial charge on any atom is -0.481 e. The third kappa shape index (κ3) is 3.47. The zero-order valence-corrected chi connectivity index (χ0v) is 8.52. The Morgan fingerprint density at radius 3 is 2.67 bits per heavy atom. The minimum absolute atomic E-state index is 0.0472. The SMILES string of the molecule is O=C(O)CCCc1cc(F)cc(F)c1Cl. The topological polar surface area (TPSA) is 37.3 Å². The van der Waals surface area contributed by atoms with E-state index in [0.29, 0.717) is 18.1 Å². The molecular formula is C10H9ClF2O2. The molecule has 0 aromatic heterocycles. The van der Waals surface area contributed by atoms with Crippen molar-refractivity contribution < 1.29 is 18.7 Å². The second-order valence-corrected chi connectivity index (χ2v) is 3.49. The van der Waals surface area contributed by atoms with Gasteiger partial charge in [0.2, 0.25) is 0 Å². The number of hydrogen-bond acceptors (Lipinski definition) is 1. The number of hydrogen-bond donors (Lipinski definition) is 1. The van der Waals surface area contributed by atoms with Crippen LogP contribution in [0.1, 0.15) is 18.4 Å². The molecule has 2 nitrogen and oxygen atoms in total. The lowest BCUT2D eigenvalue weighted by Gasteiger charge is -2.04. The van der Waals surface area contributed by atoms with Gasteiger partial charge >= 0.3 is 5.97 Å². The summed E-state index contributed by atoms with van der Waals surface area (Å²) in [6, 6.07) is 1.82. The first-order chi connectivity index (χ1) is 7.00. The Morgan fingerprint density at radius 2 is 2.07 bits per heavy atom. The average molecular weight is 235 g/mol. The fourth-order valence-electron chi connectivity index (χ4n) is 1.22. The van der Waals surface area contributed by atoms with Crippen LogP contribution in [0.15, 0.2) is 12.1 Å². The van der Waals surface area contributed by atoms with E-state index in [2.05, 4.69) is 0 Å². The van der Waals surface area contributed by atoms with Gasteiger partial charge in [0.1, 0.15) is 11.6 Å². The zero-order valence-electron chi connectivity index (χ0n) is 7.77. The number of aryl methyl sites for hydroxylation is 1. The van der Waals surface area contributed by atoms with Crippen molar-refractivity contribution in [3.8, 4) is 0 Å². The third-order valence-corrected chi connectivity index (χ3v) is 2.33. The standard InChI is InChI=1S/C10H9ClF2O2/c11-10-6(2-1-3-9(14)15)4-7(12)5-8(10)13/h4-5H,1-3H2,(H,14,15). The molecule has 1 aromatic carbocycles. The highest BCUT2D eigenvalue weighted by molar-refractivity contribution is 6.31. The number of carboxylic acid groups (broad SMARTS) is 1. The largest absolute Gasteiger partial charge is 0.481 e. The predicted octanol–water partition coefficient (Wildman–Crippen LogP) is 3.03. The van der Waals surface area contributed by atoms with Crippen molar-refractivity contribution in [3.05, 3.63) is 34.4 Å². The molecule has 0 aliphatic rings. The lowest BCUT2D eigenvalue weighted by atomic mass is 10.1. The highest BCUT2D eigenvalue weighted by atomic mass is 35.5. The van der Waals surface area contributed by atoms with E-state index in [-0.39, 0.29) is 17.9 Å². The molecule has 1 N–H and O–H groups in total. The van der Waals surface area contributed by atoms with Gasteiger partial charge in [-0.25, -0.2) is 8.78 Å². The van der Waals surface area contributed by atoms with Crippen LogP contribution in [0.4, 0.5) is 8.78 Å². The number of carboxylic acids is 1. The molecule has 82 valence electrons. The maximum atomic E-state index is 12.9. The van der Waals surface area contributed by atoms with Crippen molar-refractivity contribution >= 4 is 17.6 Å². The number of halogens is 3. The molecule has 0 saturated heterocycles. The summed E-state index contributed by atoms with van der Waals surface area (Å²) >= 11 is 5.59. The normalized spacial score (nSPS) is 10.3. The fourth-order valence-corrected chi connectivity index (χ4v) is 1.42. The van der Waals surface area contributed by atoms with Crippen LogP contribution in [0.5, 0.6) is 0 Å². The van der Waals surface area contributed by atoms with E-state index in [1.54, 1.807) is 0 Å². The first kappa shape index (κ1) is 11.9. The molecule has 15 heavy (non-hydrogen) atoms. The molecule has 5 heteroatoms. The van der Waals surface area contributed by atoms with E-state index >= 15 is 0 Å². The molecule has 0 radical (unpaired) electrons. The van der Waals surface area contributed by atoms with Gasteiger partial charge < -0.3 is 5.11 Å². The molecule has 0 aliphatic carbocycles. The second-order valence-electron chi connectivity index (χ2n) is 3.11. The predicted molar refractivity (Wildman–Crippen MR) is 51.9 cm³/mol. The van der Waals surface area contributed by atoms with Crippen LogP contribution in [0, 0.1) is 11.6 Å². The summed E-state index contributed by atoms with van der Waals surface area (Å²) in [5.41, 5.74) is 0.301. The Kier molecular flexibility index (Phi) is 4.03. The minimum atomic E-state index is -0.942. The van der Waals surface area contributed by atoms with E-state index in [1.807, 2.05) is 0 Å². The molecule has 1 aromatic rings. The highest BCUT2D eigenvalue weighted by Gasteiger charge is 2.09. The van der Waals surface area contributed by atoms with Gasteiger partial charge in [-0.2, -0.15) is 0 Å². The van der Waals surface area contributed by atoms with Crippen molar-refractivity contribution in [2.24, 2.45) is 0 Å². The van der Waals surface area contributed by atoms with Crippen LogP contribution in [-0.2, 0) is 11.2 Å². The summed E-state index contributed by atoms with van der Waals surface area (Å²) in [6.45, 7) is 0. The molecule has 0 spiro atoms. The summed E-state index contributed by atoms with van der Waals surface area (Å²) < 4.78 is 25.7. The summed E-state index contributed by atoms with van der Waals surface area (Å²) in [4.78, 5) is 10.2. The molecule has 0 bridgehead atoms. The summed E-state index contributed by atoms with van der Waals surface area (Å²) in [6.07, 6.45) is 0.506. The Balaban J connectivity index is 2.72. The number of rotatable bonds is 4. The van der Waals surface area contributed by atoms with Crippen molar-refractivity contribution in [2.75, 3.05) is 0 Å². The molecule has 0 atom stereocenters. The Bertz CT molecular complexity index is 380. The summed E-state index contributed by atoms with van der Waals surface area (Å²) in [7, 11) is 0. The van der Waals surface area contributed by atoms with Gasteiger partial charge in [-0.1, -0.05) is 11.6 Å². The zero-order chi connectivity index (χ0) is 11.4. The van der Waals surface area contributed by atoms with Crippen molar-refractivity contribution in [3.63, 3.8) is 0 Å². The van der Waals surface area contributed by atoms with Crippen LogP contribution < -0.4 is 0 Å². The highest BCUT2D eigenvalue weighted by Crippen LogP contribution is 2.23. The van der Waals surface area contributed by atoms with Gasteiger partial charge in [0.25, 0.3) is 0 Å². The number of benzene rings is 1. The van der Waals surface area contributed by atoms with E-state index in [0.717, 1.165) is 6.07 Å². The Hall–Kier alpha value is -1.16. The Morgan fingerprint density at radius 1 is 1.40 bits per heavy atom. The lowest BCUT2D eigenvalue weighted by Crippen LogP contribution is -1.97. The quantitative estimate of drug-likeness (QED) is 0.813. The van der Waals surface area contributed by atoms with Crippen LogP contribution in [0.3, 0.4) is 0 Å². The van der Waals surface area contributed by atoms with Gasteiger partial charge in [0, 0.05) is 12.5 Å². The van der Waals surface area contributed by atoms with E-state index in [4.69, 9.17) is 16.7 Å². The Labute approximate surface area is 90.5 Å². The van der Waals surface area contributed by atoms with Crippen LogP contribution >= 0.6 is 11.6 Å². The second kappa shape index (κ2) is 5.07. The van der Waals surface area contributed by atoms with Gasteiger partial charge in [-0.15, -0.1) is 0 Å². The number of carbonyl (C=O) groups is 1. The van der Waals surface area contributed by atoms with Crippen molar-refractivity contribution in [1.82, 2.24) is 0 Å². The molecular weight excluding hydrogens is 226 g/mol. The van der Waals surface area contributed by atoms with Gasteiger partial charge in [0.15, 0.2) is 0 Å². The average Bonchev–Trinajstić information content (AvgIpc) is 2.12. The first-order valence-corrected chi connectivity index (χ1v) is 4.73. The monoisotopic (exact) mass is 234 g/mol. The smallest absolute Gasteiger partial charge is 0.303 e. The number of aliphatic carboxylic acids is 1.